The maximum atomic E-state index is 12.6. The summed E-state index contributed by atoms with van der Waals surface area (Å²) in [6.07, 6.45) is 1.80. The van der Waals surface area contributed by atoms with Gasteiger partial charge in [-0.2, -0.15) is 0 Å². The molecule has 88 valence electrons. The number of hydrogen-bond acceptors (Lipinski definition) is 3. The fraction of sp³-hybridized carbons (Fsp3) is 0.357. The van der Waals surface area contributed by atoms with Gasteiger partial charge in [-0.3, -0.25) is 4.79 Å². The summed E-state index contributed by atoms with van der Waals surface area (Å²) in [6.45, 7) is 2.61. The van der Waals surface area contributed by atoms with Crippen LogP contribution >= 0.6 is 11.3 Å². The second-order valence-corrected chi connectivity index (χ2v) is 5.57. The Labute approximate surface area is 104 Å². The molecule has 0 N–H and O–H groups in total. The van der Waals surface area contributed by atoms with E-state index in [4.69, 9.17) is 4.74 Å². The zero-order valence-electron chi connectivity index (χ0n) is 9.73. The highest BCUT2D eigenvalue weighted by Crippen LogP contribution is 2.33. The number of carbonyl (C=O) groups is 1. The molecule has 0 bridgehead atoms. The van der Waals surface area contributed by atoms with Crippen LogP contribution in [0.25, 0.3) is 10.1 Å². The van der Waals surface area contributed by atoms with E-state index >= 15 is 0 Å². The van der Waals surface area contributed by atoms with Crippen molar-refractivity contribution in [1.29, 1.82) is 0 Å². The third kappa shape index (κ3) is 1.70. The van der Waals surface area contributed by atoms with Crippen LogP contribution in [0.2, 0.25) is 0 Å². The molecule has 0 saturated carbocycles. The van der Waals surface area contributed by atoms with E-state index in [9.17, 15) is 4.79 Å². The van der Waals surface area contributed by atoms with Gasteiger partial charge in [-0.25, -0.2) is 0 Å². The van der Waals surface area contributed by atoms with Crippen LogP contribution in [-0.4, -0.2) is 18.0 Å². The maximum Gasteiger partial charge on any atom is 0.195 e. The van der Waals surface area contributed by atoms with Gasteiger partial charge in [0.1, 0.15) is 5.60 Å². The Kier molecular flexibility index (Phi) is 2.53. The maximum absolute atomic E-state index is 12.6. The first-order chi connectivity index (χ1) is 8.21. The molecule has 0 radical (unpaired) electrons. The third-order valence-corrected chi connectivity index (χ3v) is 4.39. The lowest BCUT2D eigenvalue weighted by molar-refractivity contribution is 0.0215. The Hall–Kier alpha value is -1.19. The zero-order valence-corrected chi connectivity index (χ0v) is 10.5. The SMILES string of the molecule is CC1(C(=O)c2cccc3ccsc23)CCCO1. The summed E-state index contributed by atoms with van der Waals surface area (Å²) in [7, 11) is 0. The minimum Gasteiger partial charge on any atom is -0.367 e. The van der Waals surface area contributed by atoms with Gasteiger partial charge in [-0.1, -0.05) is 12.1 Å². The van der Waals surface area contributed by atoms with E-state index in [1.165, 1.54) is 0 Å². The Balaban J connectivity index is 2.09. The van der Waals surface area contributed by atoms with E-state index in [0.29, 0.717) is 6.61 Å². The van der Waals surface area contributed by atoms with E-state index in [2.05, 4.69) is 6.07 Å². The predicted octanol–water partition coefficient (Wildman–Crippen LogP) is 3.65. The van der Waals surface area contributed by atoms with Crippen molar-refractivity contribution < 1.29 is 9.53 Å². The van der Waals surface area contributed by atoms with Crippen molar-refractivity contribution in [2.24, 2.45) is 0 Å². The lowest BCUT2D eigenvalue weighted by atomic mass is 9.91. The fourth-order valence-electron chi connectivity index (χ4n) is 2.41. The number of ether oxygens (including phenoxy) is 1. The molecule has 1 aromatic heterocycles. The fourth-order valence-corrected chi connectivity index (χ4v) is 3.33. The van der Waals surface area contributed by atoms with E-state index in [-0.39, 0.29) is 5.78 Å². The molecule has 1 aliphatic heterocycles. The molecule has 3 heteroatoms. The van der Waals surface area contributed by atoms with Crippen molar-refractivity contribution >= 4 is 27.2 Å². The van der Waals surface area contributed by atoms with Crippen molar-refractivity contribution in [3.05, 3.63) is 35.2 Å². The number of Topliss-reactive ketones (excluding diaryl/α,β-unsaturated/α-hetero) is 1. The average molecular weight is 246 g/mol. The molecule has 0 amide bonds. The number of carbonyl (C=O) groups excluding carboxylic acids is 1. The second-order valence-electron chi connectivity index (χ2n) is 4.66. The molecule has 1 atom stereocenters. The highest BCUT2D eigenvalue weighted by Gasteiger charge is 2.38. The summed E-state index contributed by atoms with van der Waals surface area (Å²) in [5.41, 5.74) is 0.194. The van der Waals surface area contributed by atoms with Gasteiger partial charge in [0.15, 0.2) is 5.78 Å². The van der Waals surface area contributed by atoms with E-state index in [1.54, 1.807) is 11.3 Å². The number of ketones is 1. The normalized spacial score (nSPS) is 24.3. The number of benzene rings is 1. The molecule has 1 fully saturated rings. The number of hydrogen-bond donors (Lipinski definition) is 0. The quantitative estimate of drug-likeness (QED) is 0.756. The van der Waals surface area contributed by atoms with Crippen LogP contribution in [0.4, 0.5) is 0 Å². The van der Waals surface area contributed by atoms with Crippen molar-refractivity contribution in [2.45, 2.75) is 25.4 Å². The van der Waals surface area contributed by atoms with Crippen molar-refractivity contribution in [1.82, 2.24) is 0 Å². The summed E-state index contributed by atoms with van der Waals surface area (Å²) in [4.78, 5) is 12.6. The molecule has 3 rings (SSSR count). The number of fused-ring (bicyclic) bond motifs is 1. The Morgan fingerprint density at radius 3 is 3.06 bits per heavy atom. The monoisotopic (exact) mass is 246 g/mol. The molecular formula is C14H14O2S. The van der Waals surface area contributed by atoms with E-state index in [1.807, 2.05) is 30.5 Å². The summed E-state index contributed by atoms with van der Waals surface area (Å²) < 4.78 is 6.72. The Bertz CT molecular complexity index is 564. The standard InChI is InChI=1S/C14H14O2S/c1-14(7-3-8-16-14)13(15)11-5-2-4-10-6-9-17-12(10)11/h2,4-6,9H,3,7-8H2,1H3. The first-order valence-corrected chi connectivity index (χ1v) is 6.74. The minimum absolute atomic E-state index is 0.128. The van der Waals surface area contributed by atoms with Crippen LogP contribution in [0.1, 0.15) is 30.1 Å². The van der Waals surface area contributed by atoms with Crippen LogP contribution in [0.5, 0.6) is 0 Å². The Morgan fingerprint density at radius 1 is 1.41 bits per heavy atom. The van der Waals surface area contributed by atoms with Gasteiger partial charge in [-0.15, -0.1) is 11.3 Å². The molecule has 1 saturated heterocycles. The highest BCUT2D eigenvalue weighted by atomic mass is 32.1. The molecule has 1 aliphatic rings. The third-order valence-electron chi connectivity index (χ3n) is 3.42. The van der Waals surface area contributed by atoms with Gasteiger partial charge < -0.3 is 4.74 Å². The summed E-state index contributed by atoms with van der Waals surface area (Å²) in [5.74, 6) is 0.128. The van der Waals surface area contributed by atoms with E-state index < -0.39 is 5.60 Å². The zero-order chi connectivity index (χ0) is 11.9. The molecular weight excluding hydrogens is 232 g/mol. The van der Waals surface area contributed by atoms with Crippen molar-refractivity contribution in [3.63, 3.8) is 0 Å². The molecule has 17 heavy (non-hydrogen) atoms. The Morgan fingerprint density at radius 2 is 2.29 bits per heavy atom. The van der Waals surface area contributed by atoms with Gasteiger partial charge >= 0.3 is 0 Å². The van der Waals surface area contributed by atoms with E-state index in [0.717, 1.165) is 28.5 Å². The van der Waals surface area contributed by atoms with Gasteiger partial charge in [-0.05, 0) is 42.7 Å². The topological polar surface area (TPSA) is 26.3 Å². The molecule has 2 aromatic rings. The molecule has 0 spiro atoms. The molecule has 1 aromatic carbocycles. The molecule has 0 aliphatic carbocycles. The minimum atomic E-state index is -0.613. The van der Waals surface area contributed by atoms with Gasteiger partial charge in [0.25, 0.3) is 0 Å². The number of rotatable bonds is 2. The van der Waals surface area contributed by atoms with Gasteiger partial charge in [0.05, 0.1) is 0 Å². The number of thiophene rings is 1. The smallest absolute Gasteiger partial charge is 0.195 e. The second kappa shape index (κ2) is 3.93. The van der Waals surface area contributed by atoms with Crippen molar-refractivity contribution in [2.75, 3.05) is 6.61 Å². The summed E-state index contributed by atoms with van der Waals surface area (Å²) in [5, 5.41) is 3.17. The summed E-state index contributed by atoms with van der Waals surface area (Å²) >= 11 is 1.62. The molecule has 1 unspecified atom stereocenters. The van der Waals surface area contributed by atoms with Crippen LogP contribution in [0, 0.1) is 0 Å². The van der Waals surface area contributed by atoms with Crippen LogP contribution < -0.4 is 0 Å². The first kappa shape index (κ1) is 10.9. The highest BCUT2D eigenvalue weighted by molar-refractivity contribution is 7.17. The lowest BCUT2D eigenvalue weighted by Crippen LogP contribution is -2.34. The predicted molar refractivity (Wildman–Crippen MR) is 69.7 cm³/mol. The largest absolute Gasteiger partial charge is 0.367 e. The van der Waals surface area contributed by atoms with Crippen molar-refractivity contribution in [3.8, 4) is 0 Å². The summed E-state index contributed by atoms with van der Waals surface area (Å²) in [6, 6.07) is 7.95. The van der Waals surface area contributed by atoms with Gasteiger partial charge in [0.2, 0.25) is 0 Å². The lowest BCUT2D eigenvalue weighted by Gasteiger charge is -2.21. The van der Waals surface area contributed by atoms with Gasteiger partial charge in [0, 0.05) is 16.9 Å². The molecule has 2 nitrogen and oxygen atoms in total. The van der Waals surface area contributed by atoms with Crippen LogP contribution in [0.3, 0.4) is 0 Å². The average Bonchev–Trinajstić information content (AvgIpc) is 2.96. The van der Waals surface area contributed by atoms with Crippen LogP contribution in [-0.2, 0) is 4.74 Å². The van der Waals surface area contributed by atoms with Crippen LogP contribution in [0.15, 0.2) is 29.6 Å². The molecule has 2 heterocycles. The first-order valence-electron chi connectivity index (χ1n) is 5.86.